The van der Waals surface area contributed by atoms with Crippen molar-refractivity contribution in [2.75, 3.05) is 6.61 Å². The van der Waals surface area contributed by atoms with Gasteiger partial charge in [0.1, 0.15) is 0 Å². The van der Waals surface area contributed by atoms with E-state index in [1.54, 1.807) is 18.2 Å². The van der Waals surface area contributed by atoms with E-state index in [0.717, 1.165) is 19.3 Å². The van der Waals surface area contributed by atoms with E-state index >= 15 is 0 Å². The normalized spacial score (nSPS) is 10.6. The van der Waals surface area contributed by atoms with E-state index in [0.29, 0.717) is 6.61 Å². The summed E-state index contributed by atoms with van der Waals surface area (Å²) in [6.45, 7) is 2.59. The first-order valence-corrected chi connectivity index (χ1v) is 11.4. The molecular formula is C26H33FO4. The van der Waals surface area contributed by atoms with Crippen molar-refractivity contribution in [2.45, 2.75) is 71.1 Å². The highest BCUT2D eigenvalue weighted by atomic mass is 19.1. The molecule has 2 aromatic carbocycles. The lowest BCUT2D eigenvalue weighted by atomic mass is 10.1. The van der Waals surface area contributed by atoms with E-state index in [4.69, 9.17) is 9.47 Å². The molecule has 0 fully saturated rings. The summed E-state index contributed by atoms with van der Waals surface area (Å²) in [6.07, 6.45) is 12.1. The summed E-state index contributed by atoms with van der Waals surface area (Å²) in [7, 11) is 0. The minimum atomic E-state index is -0.727. The quantitative estimate of drug-likeness (QED) is 0.183. The fraction of sp³-hybridized carbons (Fsp3) is 0.462. The first-order valence-electron chi connectivity index (χ1n) is 11.4. The molecule has 0 heterocycles. The van der Waals surface area contributed by atoms with Gasteiger partial charge in [0.05, 0.1) is 17.7 Å². The van der Waals surface area contributed by atoms with Crippen molar-refractivity contribution in [3.63, 3.8) is 0 Å². The van der Waals surface area contributed by atoms with E-state index in [1.807, 2.05) is 0 Å². The lowest BCUT2D eigenvalue weighted by Gasteiger charge is -2.08. The van der Waals surface area contributed by atoms with Gasteiger partial charge in [0.15, 0.2) is 11.6 Å². The molecule has 0 aliphatic carbocycles. The molecule has 0 aromatic heterocycles. The number of halogens is 1. The first kappa shape index (κ1) is 24.6. The second kappa shape index (κ2) is 14.3. The zero-order valence-electron chi connectivity index (χ0n) is 18.4. The highest BCUT2D eigenvalue weighted by Gasteiger charge is 2.14. The Labute approximate surface area is 184 Å². The predicted octanol–water partition coefficient (Wildman–Crippen LogP) is 7.12. The van der Waals surface area contributed by atoms with Gasteiger partial charge in [0.2, 0.25) is 0 Å². The molecule has 0 spiro atoms. The van der Waals surface area contributed by atoms with Crippen LogP contribution < -0.4 is 4.74 Å². The zero-order valence-corrected chi connectivity index (χ0v) is 18.4. The molecule has 168 valence electrons. The molecule has 0 amide bonds. The molecular weight excluding hydrogens is 395 g/mol. The van der Waals surface area contributed by atoms with Gasteiger partial charge in [-0.1, -0.05) is 82.9 Å². The highest BCUT2D eigenvalue weighted by molar-refractivity contribution is 5.96. The third kappa shape index (κ3) is 9.33. The van der Waals surface area contributed by atoms with Gasteiger partial charge in [-0.15, -0.1) is 0 Å². The zero-order chi connectivity index (χ0) is 22.3. The van der Waals surface area contributed by atoms with Crippen LogP contribution in [-0.4, -0.2) is 18.5 Å². The van der Waals surface area contributed by atoms with Crippen molar-refractivity contribution in [1.82, 2.24) is 0 Å². The number of unbranched alkanes of at least 4 members (excludes halogenated alkanes) is 9. The van der Waals surface area contributed by atoms with Crippen LogP contribution in [0.25, 0.3) is 0 Å². The molecule has 0 aliphatic heterocycles. The Kier molecular flexibility index (Phi) is 11.4. The second-order valence-corrected chi connectivity index (χ2v) is 7.72. The van der Waals surface area contributed by atoms with Gasteiger partial charge in [-0.05, 0) is 36.8 Å². The van der Waals surface area contributed by atoms with Crippen molar-refractivity contribution < 1.29 is 23.5 Å². The van der Waals surface area contributed by atoms with E-state index in [1.165, 1.54) is 75.3 Å². The summed E-state index contributed by atoms with van der Waals surface area (Å²) in [6, 6.07) is 11.8. The molecule has 2 rings (SSSR count). The van der Waals surface area contributed by atoms with E-state index in [2.05, 4.69) is 6.92 Å². The van der Waals surface area contributed by atoms with Crippen molar-refractivity contribution in [3.05, 3.63) is 65.5 Å². The summed E-state index contributed by atoms with van der Waals surface area (Å²) in [5.41, 5.74) is 0.437. The van der Waals surface area contributed by atoms with Crippen LogP contribution in [0, 0.1) is 5.82 Å². The van der Waals surface area contributed by atoms with Crippen LogP contribution in [0.1, 0.15) is 91.8 Å². The van der Waals surface area contributed by atoms with Crippen molar-refractivity contribution in [2.24, 2.45) is 0 Å². The number of carbonyl (C=O) groups is 2. The van der Waals surface area contributed by atoms with Gasteiger partial charge >= 0.3 is 11.9 Å². The number of carbonyl (C=O) groups excluding carboxylic acids is 2. The van der Waals surface area contributed by atoms with Gasteiger partial charge in [0, 0.05) is 0 Å². The average molecular weight is 429 g/mol. The van der Waals surface area contributed by atoms with Crippen LogP contribution in [0.5, 0.6) is 5.75 Å². The fourth-order valence-corrected chi connectivity index (χ4v) is 3.30. The second-order valence-electron chi connectivity index (χ2n) is 7.72. The molecule has 0 bridgehead atoms. The van der Waals surface area contributed by atoms with Gasteiger partial charge < -0.3 is 9.47 Å². The topological polar surface area (TPSA) is 52.6 Å². The standard InChI is InChI=1S/C26H33FO4/c1-2-3-4-5-6-7-8-9-10-13-19-30-25(28)21-15-14-16-22(20-21)26(29)31-24-18-12-11-17-23(24)27/h11-12,14-18,20H,2-10,13,19H2,1H3. The molecule has 5 heteroatoms. The fourth-order valence-electron chi connectivity index (χ4n) is 3.30. The van der Waals surface area contributed by atoms with Crippen molar-refractivity contribution >= 4 is 11.9 Å². The van der Waals surface area contributed by atoms with Crippen LogP contribution in [0.2, 0.25) is 0 Å². The number of rotatable bonds is 14. The van der Waals surface area contributed by atoms with Crippen LogP contribution in [0.3, 0.4) is 0 Å². The lowest BCUT2D eigenvalue weighted by molar-refractivity contribution is 0.0497. The first-order chi connectivity index (χ1) is 15.1. The van der Waals surface area contributed by atoms with Crippen molar-refractivity contribution in [1.29, 1.82) is 0 Å². The number of esters is 2. The van der Waals surface area contributed by atoms with E-state index in [-0.39, 0.29) is 16.9 Å². The largest absolute Gasteiger partial charge is 0.462 e. The number of para-hydroxylation sites is 1. The molecule has 0 saturated carbocycles. The summed E-state index contributed by atoms with van der Waals surface area (Å²) < 4.78 is 24.0. The summed E-state index contributed by atoms with van der Waals surface area (Å²) in [5.74, 6) is -1.98. The SMILES string of the molecule is CCCCCCCCCCCCOC(=O)c1cccc(C(=O)Oc2ccccc2F)c1. The maximum atomic E-state index is 13.7. The number of hydrogen-bond acceptors (Lipinski definition) is 4. The smallest absolute Gasteiger partial charge is 0.343 e. The Morgan fingerprint density at radius 2 is 1.32 bits per heavy atom. The van der Waals surface area contributed by atoms with Crippen LogP contribution in [-0.2, 0) is 4.74 Å². The van der Waals surface area contributed by atoms with Crippen LogP contribution in [0.15, 0.2) is 48.5 Å². The summed E-state index contributed by atoms with van der Waals surface area (Å²) >= 11 is 0. The average Bonchev–Trinajstić information content (AvgIpc) is 2.79. The van der Waals surface area contributed by atoms with Crippen LogP contribution >= 0.6 is 0 Å². The predicted molar refractivity (Wildman–Crippen MR) is 120 cm³/mol. The Morgan fingerprint density at radius 3 is 1.97 bits per heavy atom. The summed E-state index contributed by atoms with van der Waals surface area (Å²) in [4.78, 5) is 24.5. The maximum Gasteiger partial charge on any atom is 0.343 e. The maximum absolute atomic E-state index is 13.7. The Morgan fingerprint density at radius 1 is 0.742 bits per heavy atom. The molecule has 0 unspecified atom stereocenters. The lowest BCUT2D eigenvalue weighted by Crippen LogP contribution is -2.12. The Bertz CT molecular complexity index is 819. The summed E-state index contributed by atoms with van der Waals surface area (Å²) in [5, 5.41) is 0. The molecule has 31 heavy (non-hydrogen) atoms. The number of ether oxygens (including phenoxy) is 2. The molecule has 0 aliphatic rings. The molecule has 0 radical (unpaired) electrons. The van der Waals surface area contributed by atoms with Gasteiger partial charge in [-0.25, -0.2) is 14.0 Å². The number of hydrogen-bond donors (Lipinski definition) is 0. The Hall–Kier alpha value is -2.69. The molecule has 0 saturated heterocycles. The number of benzene rings is 2. The van der Waals surface area contributed by atoms with Crippen molar-refractivity contribution in [3.8, 4) is 5.75 Å². The van der Waals surface area contributed by atoms with Crippen LogP contribution in [0.4, 0.5) is 4.39 Å². The van der Waals surface area contributed by atoms with E-state index in [9.17, 15) is 14.0 Å². The van der Waals surface area contributed by atoms with Gasteiger partial charge in [-0.2, -0.15) is 0 Å². The monoisotopic (exact) mass is 428 g/mol. The highest BCUT2D eigenvalue weighted by Crippen LogP contribution is 2.18. The van der Waals surface area contributed by atoms with Gasteiger partial charge in [0.25, 0.3) is 0 Å². The minimum Gasteiger partial charge on any atom is -0.462 e. The molecule has 2 aromatic rings. The van der Waals surface area contributed by atoms with E-state index < -0.39 is 17.8 Å². The third-order valence-corrected chi connectivity index (χ3v) is 5.10. The Balaban J connectivity index is 1.67. The molecule has 4 nitrogen and oxygen atoms in total. The third-order valence-electron chi connectivity index (χ3n) is 5.10. The molecule has 0 N–H and O–H groups in total. The van der Waals surface area contributed by atoms with Gasteiger partial charge in [-0.3, -0.25) is 0 Å². The minimum absolute atomic E-state index is 0.151. The molecule has 0 atom stereocenters.